The first-order valence-electron chi connectivity index (χ1n) is 7.56. The van der Waals surface area contributed by atoms with Crippen LogP contribution in [0.15, 0.2) is 22.7 Å². The molecule has 0 spiro atoms. The fourth-order valence-corrected chi connectivity index (χ4v) is 3.29. The van der Waals surface area contributed by atoms with E-state index in [0.717, 1.165) is 32.7 Å². The average molecular weight is 340 g/mol. The SMILES string of the molecule is CCCNCc1ccc(N2CCN(C)CC2C)cc1Br. The summed E-state index contributed by atoms with van der Waals surface area (Å²) in [7, 11) is 2.20. The van der Waals surface area contributed by atoms with Gasteiger partial charge in [-0.2, -0.15) is 0 Å². The van der Waals surface area contributed by atoms with Gasteiger partial charge in [0.15, 0.2) is 0 Å². The zero-order valence-electron chi connectivity index (χ0n) is 12.8. The molecule has 0 saturated carbocycles. The predicted molar refractivity (Wildman–Crippen MR) is 90.4 cm³/mol. The minimum absolute atomic E-state index is 0.574. The molecule has 1 unspecified atom stereocenters. The zero-order chi connectivity index (χ0) is 14.5. The Morgan fingerprint density at radius 3 is 2.80 bits per heavy atom. The molecular formula is C16H26BrN3. The Kier molecular flexibility index (Phi) is 5.87. The Balaban J connectivity index is 2.04. The zero-order valence-corrected chi connectivity index (χ0v) is 14.4. The van der Waals surface area contributed by atoms with Gasteiger partial charge in [0.2, 0.25) is 0 Å². The molecule has 1 N–H and O–H groups in total. The minimum Gasteiger partial charge on any atom is -0.366 e. The summed E-state index contributed by atoms with van der Waals surface area (Å²) in [4.78, 5) is 4.91. The summed E-state index contributed by atoms with van der Waals surface area (Å²) in [6.45, 7) is 9.90. The molecule has 1 aromatic carbocycles. The maximum atomic E-state index is 3.72. The normalized spacial score (nSPS) is 20.4. The average Bonchev–Trinajstić information content (AvgIpc) is 2.41. The lowest BCUT2D eigenvalue weighted by molar-refractivity contribution is 0.275. The van der Waals surface area contributed by atoms with Gasteiger partial charge in [0, 0.05) is 42.4 Å². The quantitative estimate of drug-likeness (QED) is 0.831. The van der Waals surface area contributed by atoms with Gasteiger partial charge >= 0.3 is 0 Å². The molecule has 20 heavy (non-hydrogen) atoms. The molecule has 0 amide bonds. The summed E-state index contributed by atoms with van der Waals surface area (Å²) in [6, 6.07) is 7.35. The number of nitrogens with zero attached hydrogens (tertiary/aromatic N) is 2. The van der Waals surface area contributed by atoms with Crippen LogP contribution in [-0.2, 0) is 6.54 Å². The maximum Gasteiger partial charge on any atom is 0.0389 e. The van der Waals surface area contributed by atoms with E-state index in [1.165, 1.54) is 22.1 Å². The number of rotatable bonds is 5. The third-order valence-electron chi connectivity index (χ3n) is 3.94. The van der Waals surface area contributed by atoms with Gasteiger partial charge in [0.05, 0.1) is 0 Å². The van der Waals surface area contributed by atoms with Gasteiger partial charge in [-0.05, 0) is 44.6 Å². The van der Waals surface area contributed by atoms with Crippen LogP contribution in [0.3, 0.4) is 0 Å². The second kappa shape index (κ2) is 7.43. The van der Waals surface area contributed by atoms with Crippen molar-refractivity contribution in [2.45, 2.75) is 32.9 Å². The van der Waals surface area contributed by atoms with E-state index in [4.69, 9.17) is 0 Å². The molecule has 1 saturated heterocycles. The van der Waals surface area contributed by atoms with Crippen molar-refractivity contribution >= 4 is 21.6 Å². The second-order valence-corrected chi connectivity index (χ2v) is 6.61. The van der Waals surface area contributed by atoms with Crippen LogP contribution < -0.4 is 10.2 Å². The van der Waals surface area contributed by atoms with Crippen molar-refractivity contribution < 1.29 is 0 Å². The first-order chi connectivity index (χ1) is 9.61. The number of anilines is 1. The smallest absolute Gasteiger partial charge is 0.0389 e. The molecule has 1 aliphatic rings. The van der Waals surface area contributed by atoms with E-state index >= 15 is 0 Å². The van der Waals surface area contributed by atoms with E-state index < -0.39 is 0 Å². The van der Waals surface area contributed by atoms with E-state index in [1.807, 2.05) is 0 Å². The van der Waals surface area contributed by atoms with E-state index in [0.29, 0.717) is 6.04 Å². The van der Waals surface area contributed by atoms with Gasteiger partial charge in [0.25, 0.3) is 0 Å². The molecule has 1 fully saturated rings. The number of piperazine rings is 1. The largest absolute Gasteiger partial charge is 0.366 e. The highest BCUT2D eigenvalue weighted by Crippen LogP contribution is 2.26. The minimum atomic E-state index is 0.574. The molecule has 1 heterocycles. The molecule has 3 nitrogen and oxygen atoms in total. The van der Waals surface area contributed by atoms with Crippen LogP contribution in [0, 0.1) is 0 Å². The predicted octanol–water partition coefficient (Wildman–Crippen LogP) is 3.09. The number of nitrogens with one attached hydrogen (secondary N) is 1. The molecule has 4 heteroatoms. The van der Waals surface area contributed by atoms with Crippen LogP contribution in [0.4, 0.5) is 5.69 Å². The van der Waals surface area contributed by atoms with Crippen LogP contribution in [0.5, 0.6) is 0 Å². The number of hydrogen-bond donors (Lipinski definition) is 1. The number of hydrogen-bond acceptors (Lipinski definition) is 3. The van der Waals surface area contributed by atoms with Crippen molar-refractivity contribution in [1.29, 1.82) is 0 Å². The Morgan fingerprint density at radius 1 is 1.35 bits per heavy atom. The summed E-state index contributed by atoms with van der Waals surface area (Å²) >= 11 is 3.72. The second-order valence-electron chi connectivity index (χ2n) is 5.76. The number of benzene rings is 1. The van der Waals surface area contributed by atoms with Crippen LogP contribution >= 0.6 is 15.9 Å². The van der Waals surface area contributed by atoms with E-state index in [1.54, 1.807) is 0 Å². The van der Waals surface area contributed by atoms with Crippen LogP contribution in [0.2, 0.25) is 0 Å². The molecule has 0 radical (unpaired) electrons. The van der Waals surface area contributed by atoms with E-state index in [2.05, 4.69) is 70.1 Å². The standard InChI is InChI=1S/C16H26BrN3/c1-4-7-18-11-14-5-6-15(10-16(14)17)20-9-8-19(3)12-13(20)2/h5-6,10,13,18H,4,7-9,11-12H2,1-3H3. The monoisotopic (exact) mass is 339 g/mol. The molecule has 0 aromatic heterocycles. The van der Waals surface area contributed by atoms with Gasteiger partial charge in [-0.1, -0.05) is 28.9 Å². The molecule has 1 aliphatic heterocycles. The lowest BCUT2D eigenvalue weighted by Crippen LogP contribution is -2.50. The molecule has 0 aliphatic carbocycles. The molecule has 2 rings (SSSR count). The molecule has 1 aromatic rings. The van der Waals surface area contributed by atoms with Gasteiger partial charge in [-0.15, -0.1) is 0 Å². The first kappa shape index (κ1) is 15.8. The Bertz CT molecular complexity index is 436. The van der Waals surface area contributed by atoms with Gasteiger partial charge in [-0.3, -0.25) is 0 Å². The number of halogens is 1. The maximum absolute atomic E-state index is 3.72. The fraction of sp³-hybridized carbons (Fsp3) is 0.625. The molecular weight excluding hydrogens is 314 g/mol. The fourth-order valence-electron chi connectivity index (χ4n) is 2.78. The summed E-state index contributed by atoms with van der Waals surface area (Å²) in [5, 5.41) is 3.46. The van der Waals surface area contributed by atoms with Crippen LogP contribution in [-0.4, -0.2) is 44.2 Å². The van der Waals surface area contributed by atoms with Crippen molar-refractivity contribution in [3.63, 3.8) is 0 Å². The molecule has 112 valence electrons. The third-order valence-corrected chi connectivity index (χ3v) is 4.68. The Labute approximate surface area is 131 Å². The van der Waals surface area contributed by atoms with E-state index in [9.17, 15) is 0 Å². The highest BCUT2D eigenvalue weighted by molar-refractivity contribution is 9.10. The highest BCUT2D eigenvalue weighted by Gasteiger charge is 2.21. The summed E-state index contributed by atoms with van der Waals surface area (Å²) < 4.78 is 1.21. The highest BCUT2D eigenvalue weighted by atomic mass is 79.9. The summed E-state index contributed by atoms with van der Waals surface area (Å²) in [5.41, 5.74) is 2.67. The Morgan fingerprint density at radius 2 is 2.15 bits per heavy atom. The van der Waals surface area contributed by atoms with Crippen molar-refractivity contribution in [1.82, 2.24) is 10.2 Å². The van der Waals surface area contributed by atoms with Crippen molar-refractivity contribution in [2.24, 2.45) is 0 Å². The molecule has 1 atom stereocenters. The molecule has 0 bridgehead atoms. The number of likely N-dealkylation sites (N-methyl/N-ethyl adjacent to an activating group) is 1. The van der Waals surface area contributed by atoms with Crippen molar-refractivity contribution in [2.75, 3.05) is 38.1 Å². The van der Waals surface area contributed by atoms with Crippen molar-refractivity contribution in [3.05, 3.63) is 28.2 Å². The van der Waals surface area contributed by atoms with Gasteiger partial charge in [-0.25, -0.2) is 0 Å². The Hall–Kier alpha value is -0.580. The lowest BCUT2D eigenvalue weighted by Gasteiger charge is -2.40. The summed E-state index contributed by atoms with van der Waals surface area (Å²) in [5.74, 6) is 0. The third kappa shape index (κ3) is 3.96. The van der Waals surface area contributed by atoms with Gasteiger partial charge < -0.3 is 15.1 Å². The first-order valence-corrected chi connectivity index (χ1v) is 8.35. The lowest BCUT2D eigenvalue weighted by atomic mass is 10.1. The van der Waals surface area contributed by atoms with Crippen LogP contribution in [0.1, 0.15) is 25.8 Å². The van der Waals surface area contributed by atoms with E-state index in [-0.39, 0.29) is 0 Å². The summed E-state index contributed by atoms with van der Waals surface area (Å²) in [6.07, 6.45) is 1.18. The van der Waals surface area contributed by atoms with Crippen LogP contribution in [0.25, 0.3) is 0 Å². The van der Waals surface area contributed by atoms with Crippen molar-refractivity contribution in [3.8, 4) is 0 Å². The van der Waals surface area contributed by atoms with Gasteiger partial charge in [0.1, 0.15) is 0 Å². The topological polar surface area (TPSA) is 18.5 Å².